The van der Waals surface area contributed by atoms with Crippen LogP contribution in [0, 0.1) is 0 Å². The number of ether oxygens (including phenoxy) is 2. The summed E-state index contributed by atoms with van der Waals surface area (Å²) in [6.45, 7) is 4.64. The number of amides is 1. The van der Waals surface area contributed by atoms with Gasteiger partial charge in [0.1, 0.15) is 11.5 Å². The average molecular weight is 444 g/mol. The lowest BCUT2D eigenvalue weighted by molar-refractivity contribution is -0.130. The van der Waals surface area contributed by atoms with Gasteiger partial charge in [0, 0.05) is 12.1 Å². The number of nitrogens with zero attached hydrogens (tertiary/aromatic N) is 1. The van der Waals surface area contributed by atoms with Crippen molar-refractivity contribution in [3.63, 3.8) is 0 Å². The van der Waals surface area contributed by atoms with Gasteiger partial charge in [-0.2, -0.15) is 0 Å². The van der Waals surface area contributed by atoms with Crippen LogP contribution >= 0.6 is 0 Å². The summed E-state index contributed by atoms with van der Waals surface area (Å²) in [5.74, 6) is 1.24. The number of aliphatic hydroxyl groups is 1. The Labute approximate surface area is 194 Å². The van der Waals surface area contributed by atoms with Gasteiger partial charge in [0.15, 0.2) is 5.76 Å². The van der Waals surface area contributed by atoms with Gasteiger partial charge in [0.2, 0.25) is 0 Å². The summed E-state index contributed by atoms with van der Waals surface area (Å²) < 4.78 is 10.6. The highest BCUT2D eigenvalue weighted by atomic mass is 16.5. The van der Waals surface area contributed by atoms with E-state index in [2.05, 4.69) is 26.0 Å². The van der Waals surface area contributed by atoms with E-state index in [-0.39, 0.29) is 11.7 Å². The fourth-order valence-corrected chi connectivity index (χ4v) is 4.26. The van der Waals surface area contributed by atoms with E-state index < -0.39 is 6.04 Å². The molecule has 3 aromatic carbocycles. The summed E-state index contributed by atoms with van der Waals surface area (Å²) in [6.07, 6.45) is 0. The van der Waals surface area contributed by atoms with Crippen molar-refractivity contribution in [2.24, 2.45) is 0 Å². The standard InChI is InChI=1S/C28H29NO4/c1-18(2)20-8-10-22(11-9-20)26-25(21-12-14-23(32-3)15-13-21)27(30)28(31)29(26)17-19-6-5-7-24(16-19)33-4/h5-16,18,26,30H,17H2,1-4H3/t26-/m0/s1. The minimum Gasteiger partial charge on any atom is -0.503 e. The Balaban J connectivity index is 1.78. The summed E-state index contributed by atoms with van der Waals surface area (Å²) >= 11 is 0. The maximum atomic E-state index is 13.3. The molecule has 0 aromatic heterocycles. The zero-order valence-corrected chi connectivity index (χ0v) is 19.4. The van der Waals surface area contributed by atoms with Crippen LogP contribution in [0.15, 0.2) is 78.6 Å². The van der Waals surface area contributed by atoms with E-state index >= 15 is 0 Å². The molecule has 4 rings (SSSR count). The van der Waals surface area contributed by atoms with Crippen molar-refractivity contribution < 1.29 is 19.4 Å². The molecule has 33 heavy (non-hydrogen) atoms. The van der Waals surface area contributed by atoms with E-state index in [1.165, 1.54) is 5.56 Å². The van der Waals surface area contributed by atoms with Gasteiger partial charge in [-0.1, -0.05) is 62.4 Å². The number of carbonyl (C=O) groups is 1. The van der Waals surface area contributed by atoms with Crippen LogP contribution in [0.4, 0.5) is 0 Å². The Bertz CT molecular complexity index is 1160. The number of benzene rings is 3. The van der Waals surface area contributed by atoms with Crippen LogP contribution in [0.3, 0.4) is 0 Å². The fraction of sp³-hybridized carbons (Fsp3) is 0.250. The van der Waals surface area contributed by atoms with Crippen molar-refractivity contribution in [3.05, 3.63) is 101 Å². The van der Waals surface area contributed by atoms with Gasteiger partial charge >= 0.3 is 0 Å². The Hall–Kier alpha value is -3.73. The molecule has 0 aliphatic carbocycles. The predicted octanol–water partition coefficient (Wildman–Crippen LogP) is 5.88. The van der Waals surface area contributed by atoms with E-state index in [1.54, 1.807) is 19.1 Å². The number of hydrogen-bond acceptors (Lipinski definition) is 4. The van der Waals surface area contributed by atoms with Crippen LogP contribution in [0.5, 0.6) is 11.5 Å². The highest BCUT2D eigenvalue weighted by Gasteiger charge is 2.41. The first-order valence-corrected chi connectivity index (χ1v) is 11.0. The van der Waals surface area contributed by atoms with Crippen LogP contribution in [0.2, 0.25) is 0 Å². The first kappa shape index (κ1) is 22.5. The molecule has 0 fully saturated rings. The van der Waals surface area contributed by atoms with Gasteiger partial charge in [-0.15, -0.1) is 0 Å². The maximum Gasteiger partial charge on any atom is 0.290 e. The van der Waals surface area contributed by atoms with Crippen molar-refractivity contribution in [3.8, 4) is 11.5 Å². The Kier molecular flexibility index (Phi) is 6.40. The largest absolute Gasteiger partial charge is 0.503 e. The Morgan fingerprint density at radius 1 is 0.909 bits per heavy atom. The average Bonchev–Trinajstić information content (AvgIpc) is 3.09. The third-order valence-electron chi connectivity index (χ3n) is 6.11. The molecule has 1 atom stereocenters. The molecule has 0 saturated heterocycles. The molecule has 1 heterocycles. The molecule has 0 spiro atoms. The van der Waals surface area contributed by atoms with Gasteiger partial charge in [-0.05, 0) is 52.4 Å². The van der Waals surface area contributed by atoms with E-state index in [9.17, 15) is 9.90 Å². The van der Waals surface area contributed by atoms with E-state index in [0.717, 1.165) is 22.4 Å². The zero-order chi connectivity index (χ0) is 23.5. The molecule has 5 heteroatoms. The maximum absolute atomic E-state index is 13.3. The molecule has 1 aliphatic rings. The number of methoxy groups -OCH3 is 2. The van der Waals surface area contributed by atoms with Gasteiger partial charge < -0.3 is 19.5 Å². The second kappa shape index (κ2) is 9.41. The first-order valence-electron chi connectivity index (χ1n) is 11.0. The summed E-state index contributed by atoms with van der Waals surface area (Å²) in [4.78, 5) is 15.0. The molecule has 0 saturated carbocycles. The third kappa shape index (κ3) is 4.44. The molecule has 1 aliphatic heterocycles. The summed E-state index contributed by atoms with van der Waals surface area (Å²) in [5.41, 5.74) is 4.48. The van der Waals surface area contributed by atoms with Crippen molar-refractivity contribution in [1.82, 2.24) is 4.90 Å². The van der Waals surface area contributed by atoms with Crippen LogP contribution in [0.25, 0.3) is 5.57 Å². The van der Waals surface area contributed by atoms with Gasteiger partial charge in [0.25, 0.3) is 5.91 Å². The van der Waals surface area contributed by atoms with Crippen molar-refractivity contribution in [2.75, 3.05) is 14.2 Å². The summed E-state index contributed by atoms with van der Waals surface area (Å²) in [5, 5.41) is 11.0. The van der Waals surface area contributed by atoms with Crippen molar-refractivity contribution >= 4 is 11.5 Å². The molecular weight excluding hydrogens is 414 g/mol. The number of hydrogen-bond donors (Lipinski definition) is 1. The third-order valence-corrected chi connectivity index (χ3v) is 6.11. The lowest BCUT2D eigenvalue weighted by Gasteiger charge is -2.28. The van der Waals surface area contributed by atoms with E-state index in [1.807, 2.05) is 60.7 Å². The first-order chi connectivity index (χ1) is 15.9. The SMILES string of the molecule is COc1ccc(C2=C(O)C(=O)N(Cc3cccc(OC)c3)[C@H]2c2ccc(C(C)C)cc2)cc1. The second-order valence-corrected chi connectivity index (χ2v) is 8.50. The summed E-state index contributed by atoms with van der Waals surface area (Å²) in [6, 6.07) is 22.9. The molecular formula is C28H29NO4. The number of carbonyl (C=O) groups excluding carboxylic acids is 1. The van der Waals surface area contributed by atoms with E-state index in [0.29, 0.717) is 23.8 Å². The van der Waals surface area contributed by atoms with Gasteiger partial charge in [0.05, 0.1) is 20.3 Å². The van der Waals surface area contributed by atoms with Crippen LogP contribution < -0.4 is 9.47 Å². The topological polar surface area (TPSA) is 59.0 Å². The van der Waals surface area contributed by atoms with Crippen molar-refractivity contribution in [1.29, 1.82) is 0 Å². The van der Waals surface area contributed by atoms with Crippen LogP contribution in [-0.4, -0.2) is 30.1 Å². The monoisotopic (exact) mass is 443 g/mol. The number of aliphatic hydroxyl groups excluding tert-OH is 1. The molecule has 1 amide bonds. The quantitative estimate of drug-likeness (QED) is 0.495. The lowest BCUT2D eigenvalue weighted by atomic mass is 9.91. The Morgan fingerprint density at radius 3 is 2.18 bits per heavy atom. The predicted molar refractivity (Wildman–Crippen MR) is 129 cm³/mol. The molecule has 0 radical (unpaired) electrons. The molecule has 0 unspecified atom stereocenters. The molecule has 3 aromatic rings. The minimum atomic E-state index is -0.418. The van der Waals surface area contributed by atoms with Gasteiger partial charge in [-0.3, -0.25) is 4.79 Å². The van der Waals surface area contributed by atoms with Crippen LogP contribution in [-0.2, 0) is 11.3 Å². The molecule has 1 N–H and O–H groups in total. The lowest BCUT2D eigenvalue weighted by Crippen LogP contribution is -2.29. The fourth-order valence-electron chi connectivity index (χ4n) is 4.26. The highest BCUT2D eigenvalue weighted by molar-refractivity contribution is 6.05. The van der Waals surface area contributed by atoms with E-state index in [4.69, 9.17) is 9.47 Å². The minimum absolute atomic E-state index is 0.221. The van der Waals surface area contributed by atoms with Crippen LogP contribution in [0.1, 0.15) is 48.1 Å². The highest BCUT2D eigenvalue weighted by Crippen LogP contribution is 2.44. The van der Waals surface area contributed by atoms with Crippen molar-refractivity contribution in [2.45, 2.75) is 32.4 Å². The number of rotatable bonds is 7. The molecule has 170 valence electrons. The molecule has 0 bridgehead atoms. The normalized spacial score (nSPS) is 16.0. The smallest absolute Gasteiger partial charge is 0.290 e. The summed E-state index contributed by atoms with van der Waals surface area (Å²) in [7, 11) is 3.23. The second-order valence-electron chi connectivity index (χ2n) is 8.50. The Morgan fingerprint density at radius 2 is 1.58 bits per heavy atom. The molecule has 5 nitrogen and oxygen atoms in total. The van der Waals surface area contributed by atoms with Gasteiger partial charge in [-0.25, -0.2) is 0 Å². The zero-order valence-electron chi connectivity index (χ0n) is 19.4.